The van der Waals surface area contributed by atoms with Gasteiger partial charge in [-0.3, -0.25) is 5.43 Å². The zero-order valence-electron chi connectivity index (χ0n) is 12.5. The van der Waals surface area contributed by atoms with Crippen molar-refractivity contribution in [3.8, 4) is 17.3 Å². The number of hydrogen-bond donors (Lipinski definition) is 1. The van der Waals surface area contributed by atoms with Gasteiger partial charge in [-0.05, 0) is 18.2 Å². The molecule has 2 heterocycles. The quantitative estimate of drug-likeness (QED) is 0.629. The lowest BCUT2D eigenvalue weighted by molar-refractivity contribution is 0.961. The molecule has 4 aromatic rings. The summed E-state index contributed by atoms with van der Waals surface area (Å²) in [5.74, 6) is 0.528. The monoisotopic (exact) mass is 311 g/mol. The second-order valence-corrected chi connectivity index (χ2v) is 5.07. The molecule has 0 saturated heterocycles. The fourth-order valence-electron chi connectivity index (χ4n) is 2.44. The topological polar surface area (TPSA) is 79.4 Å². The molecule has 2 aromatic carbocycles. The van der Waals surface area contributed by atoms with Crippen molar-refractivity contribution in [1.29, 1.82) is 5.26 Å². The Morgan fingerprint density at radius 3 is 2.75 bits per heavy atom. The van der Waals surface area contributed by atoms with Gasteiger partial charge in [0.25, 0.3) is 0 Å². The summed E-state index contributed by atoms with van der Waals surface area (Å²) in [6, 6.07) is 20.1. The number of imidazole rings is 1. The summed E-state index contributed by atoms with van der Waals surface area (Å²) in [5, 5.41) is 9.27. The highest BCUT2D eigenvalue weighted by Gasteiger charge is 2.10. The van der Waals surface area contributed by atoms with Gasteiger partial charge in [0.05, 0.1) is 17.2 Å². The van der Waals surface area contributed by atoms with Crippen molar-refractivity contribution in [2.24, 2.45) is 0 Å². The van der Waals surface area contributed by atoms with E-state index in [1.54, 1.807) is 23.1 Å². The van der Waals surface area contributed by atoms with Gasteiger partial charge in [-0.15, -0.1) is 0 Å². The average Bonchev–Trinajstić information content (AvgIpc) is 3.05. The number of nitriles is 1. The lowest BCUT2D eigenvalue weighted by atomic mass is 10.1. The Labute approximate surface area is 138 Å². The minimum atomic E-state index is 0.280. The highest BCUT2D eigenvalue weighted by molar-refractivity contribution is 5.75. The molecule has 0 aliphatic carbocycles. The van der Waals surface area contributed by atoms with Crippen LogP contribution in [0.25, 0.3) is 22.3 Å². The standard InChI is InChI=1S/C18H11N6/c19-10-15-18(13-6-2-1-3-7-13)22-17(11-20-15)23-24-12-21-14-8-4-5-9-16(14)24/h2-9,11-12H,(H,22,23). The molecule has 0 atom stereocenters. The minimum Gasteiger partial charge on any atom is -0.275 e. The van der Waals surface area contributed by atoms with Crippen LogP contribution in [0.15, 0.2) is 61.1 Å². The highest BCUT2D eigenvalue weighted by Crippen LogP contribution is 2.21. The summed E-state index contributed by atoms with van der Waals surface area (Å²) in [7, 11) is 0. The highest BCUT2D eigenvalue weighted by atomic mass is 15.4. The van der Waals surface area contributed by atoms with Gasteiger partial charge in [0, 0.05) is 5.56 Å². The number of nitrogens with zero attached hydrogens (tertiary/aromatic N) is 5. The molecule has 0 unspecified atom stereocenters. The largest absolute Gasteiger partial charge is 0.275 e. The second kappa shape index (κ2) is 5.82. The van der Waals surface area contributed by atoms with E-state index in [-0.39, 0.29) is 5.69 Å². The number of fused-ring (bicyclic) bond motifs is 1. The molecule has 0 spiro atoms. The van der Waals surface area contributed by atoms with Crippen LogP contribution in [0.3, 0.4) is 0 Å². The maximum Gasteiger partial charge on any atom is 0.166 e. The van der Waals surface area contributed by atoms with Crippen LogP contribution in [0.2, 0.25) is 0 Å². The molecular weight excluding hydrogens is 300 g/mol. The normalized spacial score (nSPS) is 10.5. The number of anilines is 1. The molecule has 113 valence electrons. The maximum absolute atomic E-state index is 9.27. The van der Waals surface area contributed by atoms with Crippen LogP contribution >= 0.6 is 0 Å². The van der Waals surface area contributed by atoms with E-state index < -0.39 is 0 Å². The molecular formula is C18H11N6. The van der Waals surface area contributed by atoms with Gasteiger partial charge in [-0.2, -0.15) is 5.26 Å². The molecule has 6 nitrogen and oxygen atoms in total. The molecule has 1 radical (unpaired) electrons. The van der Waals surface area contributed by atoms with E-state index in [2.05, 4.69) is 32.5 Å². The summed E-state index contributed by atoms with van der Waals surface area (Å²) in [6.07, 6.45) is 3.22. The van der Waals surface area contributed by atoms with Gasteiger partial charge in [0.15, 0.2) is 11.5 Å². The number of aromatic nitrogens is 4. The molecule has 0 amide bonds. The average molecular weight is 311 g/mol. The number of benzene rings is 2. The van der Waals surface area contributed by atoms with Crippen molar-refractivity contribution < 1.29 is 0 Å². The van der Waals surface area contributed by atoms with Crippen LogP contribution in [-0.2, 0) is 0 Å². The van der Waals surface area contributed by atoms with Gasteiger partial charge in [-0.1, -0.05) is 36.4 Å². The SMILES string of the molecule is N#Cc1ncc(Nn2cnc3ccccc32)nc1-c1cc[c]cc1. The first-order chi connectivity index (χ1) is 11.8. The Hall–Kier alpha value is -3.72. The Morgan fingerprint density at radius 2 is 1.92 bits per heavy atom. The van der Waals surface area contributed by atoms with Gasteiger partial charge in [0.1, 0.15) is 18.1 Å². The zero-order chi connectivity index (χ0) is 16.4. The molecule has 0 saturated carbocycles. The van der Waals surface area contributed by atoms with E-state index in [9.17, 15) is 5.26 Å². The van der Waals surface area contributed by atoms with E-state index in [0.29, 0.717) is 11.5 Å². The van der Waals surface area contributed by atoms with Crippen LogP contribution < -0.4 is 5.43 Å². The first kappa shape index (κ1) is 13.9. The number of nitrogens with one attached hydrogen (secondary N) is 1. The van der Waals surface area contributed by atoms with E-state index in [1.165, 1.54) is 6.20 Å². The molecule has 0 bridgehead atoms. The molecule has 0 aliphatic heterocycles. The summed E-state index contributed by atoms with van der Waals surface area (Å²) < 4.78 is 1.77. The summed E-state index contributed by atoms with van der Waals surface area (Å²) in [4.78, 5) is 13.1. The lowest BCUT2D eigenvalue weighted by Gasteiger charge is -2.09. The Balaban J connectivity index is 1.76. The Kier molecular flexibility index (Phi) is 3.37. The third kappa shape index (κ3) is 2.44. The third-order valence-corrected chi connectivity index (χ3v) is 3.56. The van der Waals surface area contributed by atoms with Crippen LogP contribution in [0.1, 0.15) is 5.69 Å². The molecule has 1 N–H and O–H groups in total. The number of hydrogen-bond acceptors (Lipinski definition) is 5. The predicted molar refractivity (Wildman–Crippen MR) is 89.8 cm³/mol. The van der Waals surface area contributed by atoms with Crippen molar-refractivity contribution in [3.63, 3.8) is 0 Å². The van der Waals surface area contributed by atoms with Crippen molar-refractivity contribution >= 4 is 16.9 Å². The summed E-state index contributed by atoms with van der Waals surface area (Å²) >= 11 is 0. The van der Waals surface area contributed by atoms with Crippen LogP contribution in [0.5, 0.6) is 0 Å². The number of para-hydroxylation sites is 2. The van der Waals surface area contributed by atoms with Gasteiger partial charge < -0.3 is 0 Å². The van der Waals surface area contributed by atoms with Crippen LogP contribution in [-0.4, -0.2) is 19.6 Å². The smallest absolute Gasteiger partial charge is 0.166 e. The molecule has 24 heavy (non-hydrogen) atoms. The first-order valence-corrected chi connectivity index (χ1v) is 7.28. The van der Waals surface area contributed by atoms with Crippen LogP contribution in [0, 0.1) is 17.4 Å². The van der Waals surface area contributed by atoms with Crippen molar-refractivity contribution in [2.75, 3.05) is 5.43 Å². The van der Waals surface area contributed by atoms with E-state index in [4.69, 9.17) is 0 Å². The molecule has 2 aromatic heterocycles. The van der Waals surface area contributed by atoms with E-state index >= 15 is 0 Å². The van der Waals surface area contributed by atoms with Crippen molar-refractivity contribution in [2.45, 2.75) is 0 Å². The van der Waals surface area contributed by atoms with Gasteiger partial charge in [0.2, 0.25) is 0 Å². The van der Waals surface area contributed by atoms with E-state index in [1.807, 2.05) is 36.4 Å². The third-order valence-electron chi connectivity index (χ3n) is 3.56. The van der Waals surface area contributed by atoms with Crippen molar-refractivity contribution in [3.05, 3.63) is 72.8 Å². The fourth-order valence-corrected chi connectivity index (χ4v) is 2.44. The van der Waals surface area contributed by atoms with Crippen LogP contribution in [0.4, 0.5) is 5.82 Å². The second-order valence-electron chi connectivity index (χ2n) is 5.07. The zero-order valence-corrected chi connectivity index (χ0v) is 12.5. The Morgan fingerprint density at radius 1 is 1.08 bits per heavy atom. The van der Waals surface area contributed by atoms with Crippen molar-refractivity contribution in [1.82, 2.24) is 19.6 Å². The molecule has 0 fully saturated rings. The summed E-state index contributed by atoms with van der Waals surface area (Å²) in [6.45, 7) is 0. The first-order valence-electron chi connectivity index (χ1n) is 7.28. The number of rotatable bonds is 3. The lowest BCUT2D eigenvalue weighted by Crippen LogP contribution is -2.10. The van der Waals surface area contributed by atoms with Gasteiger partial charge >= 0.3 is 0 Å². The maximum atomic E-state index is 9.27. The van der Waals surface area contributed by atoms with Gasteiger partial charge in [-0.25, -0.2) is 19.6 Å². The predicted octanol–water partition coefficient (Wildman–Crippen LogP) is 3.04. The Bertz CT molecular complexity index is 1050. The molecule has 4 rings (SSSR count). The molecule has 6 heteroatoms. The summed E-state index contributed by atoms with van der Waals surface area (Å²) in [5.41, 5.74) is 6.59. The fraction of sp³-hybridized carbons (Fsp3) is 0. The minimum absolute atomic E-state index is 0.280. The molecule has 0 aliphatic rings. The van der Waals surface area contributed by atoms with E-state index in [0.717, 1.165) is 16.6 Å².